The third kappa shape index (κ3) is 7.31. The molecular weight excluding hydrogens is 538 g/mol. The van der Waals surface area contributed by atoms with E-state index in [9.17, 15) is 0 Å². The smallest absolute Gasteiger partial charge is 0.0600 e. The number of aliphatic hydroxyl groups excluding tert-OH is 2. The van der Waals surface area contributed by atoms with Crippen LogP contribution in [0.25, 0.3) is 22.2 Å². The maximum absolute atomic E-state index is 8.56. The van der Waals surface area contributed by atoms with E-state index in [2.05, 4.69) is 71.0 Å². The SMILES string of the molecule is CC(O)CC(C)O.Cc1[c-]c(-c2nc3cc(C)cc(C)c3cc2C)cc(C)c1.[Ir]. The molecule has 1 radical (unpaired) electrons. The van der Waals surface area contributed by atoms with E-state index >= 15 is 0 Å². The van der Waals surface area contributed by atoms with Gasteiger partial charge in [-0.25, -0.2) is 0 Å². The summed E-state index contributed by atoms with van der Waals surface area (Å²) >= 11 is 0. The molecule has 2 aromatic carbocycles. The van der Waals surface area contributed by atoms with Crippen LogP contribution in [0.1, 0.15) is 48.1 Å². The van der Waals surface area contributed by atoms with Crippen molar-refractivity contribution in [2.45, 2.75) is 67.1 Å². The van der Waals surface area contributed by atoms with Gasteiger partial charge in [0, 0.05) is 25.5 Å². The Hall–Kier alpha value is -1.58. The zero-order valence-electron chi connectivity index (χ0n) is 18.4. The number of aliphatic hydroxyl groups is 2. The van der Waals surface area contributed by atoms with Crippen molar-refractivity contribution in [1.29, 1.82) is 0 Å². The maximum Gasteiger partial charge on any atom is 0.0600 e. The van der Waals surface area contributed by atoms with Gasteiger partial charge in [-0.05, 0) is 63.9 Å². The fraction of sp³-hybridized carbons (Fsp3) is 0.400. The van der Waals surface area contributed by atoms with Crippen LogP contribution in [0.4, 0.5) is 0 Å². The Morgan fingerprint density at radius 3 is 1.93 bits per heavy atom. The third-order valence-corrected chi connectivity index (χ3v) is 4.56. The molecule has 0 aliphatic rings. The Labute approximate surface area is 188 Å². The quantitative estimate of drug-likeness (QED) is 0.416. The van der Waals surface area contributed by atoms with Crippen LogP contribution in [0.5, 0.6) is 0 Å². The van der Waals surface area contributed by atoms with Gasteiger partial charge >= 0.3 is 0 Å². The molecule has 2 atom stereocenters. The maximum atomic E-state index is 8.56. The Bertz CT molecular complexity index is 938. The summed E-state index contributed by atoms with van der Waals surface area (Å²) in [5.41, 5.74) is 9.36. The molecule has 4 heteroatoms. The number of aromatic nitrogens is 1. The van der Waals surface area contributed by atoms with Crippen LogP contribution < -0.4 is 0 Å². The average molecular weight is 571 g/mol. The third-order valence-electron chi connectivity index (χ3n) is 4.56. The molecule has 1 heterocycles. The number of nitrogens with zero attached hydrogens (tertiary/aromatic N) is 1. The van der Waals surface area contributed by atoms with E-state index in [4.69, 9.17) is 15.2 Å². The molecule has 0 spiro atoms. The van der Waals surface area contributed by atoms with Crippen LogP contribution in [-0.2, 0) is 20.1 Å². The molecule has 2 N–H and O–H groups in total. The number of benzene rings is 2. The van der Waals surface area contributed by atoms with E-state index < -0.39 is 0 Å². The predicted octanol–water partition coefficient (Wildman–Crippen LogP) is 5.38. The zero-order valence-corrected chi connectivity index (χ0v) is 20.8. The minimum atomic E-state index is -0.375. The number of aryl methyl sites for hydroxylation is 5. The van der Waals surface area contributed by atoms with Crippen LogP contribution >= 0.6 is 0 Å². The fourth-order valence-electron chi connectivity index (χ4n) is 3.52. The summed E-state index contributed by atoms with van der Waals surface area (Å²) in [6.45, 7) is 13.9. The number of hydrogen-bond donors (Lipinski definition) is 2. The molecule has 0 bridgehead atoms. The van der Waals surface area contributed by atoms with Crippen molar-refractivity contribution in [1.82, 2.24) is 4.98 Å². The van der Waals surface area contributed by atoms with Crippen LogP contribution in [-0.4, -0.2) is 27.4 Å². The second kappa shape index (κ2) is 11.0. The number of hydrogen-bond acceptors (Lipinski definition) is 3. The minimum absolute atomic E-state index is 0. The van der Waals surface area contributed by atoms with E-state index in [-0.39, 0.29) is 32.3 Å². The van der Waals surface area contributed by atoms with E-state index in [1.54, 1.807) is 13.8 Å². The first-order valence-electron chi connectivity index (χ1n) is 9.82. The van der Waals surface area contributed by atoms with Crippen molar-refractivity contribution in [2.24, 2.45) is 0 Å². The normalized spacial score (nSPS) is 12.6. The van der Waals surface area contributed by atoms with Crippen molar-refractivity contribution >= 4 is 10.9 Å². The first kappa shape index (κ1) is 25.5. The predicted molar refractivity (Wildman–Crippen MR) is 118 cm³/mol. The Morgan fingerprint density at radius 1 is 0.828 bits per heavy atom. The molecule has 0 aliphatic heterocycles. The summed E-state index contributed by atoms with van der Waals surface area (Å²) < 4.78 is 0. The minimum Gasteiger partial charge on any atom is -0.393 e. The molecule has 3 rings (SSSR count). The topological polar surface area (TPSA) is 53.4 Å². The average Bonchev–Trinajstić information content (AvgIpc) is 2.53. The molecule has 29 heavy (non-hydrogen) atoms. The molecule has 0 fully saturated rings. The van der Waals surface area contributed by atoms with Crippen LogP contribution in [0.15, 0.2) is 30.3 Å². The Balaban J connectivity index is 0.000000456. The van der Waals surface area contributed by atoms with Crippen LogP contribution in [0, 0.1) is 40.7 Å². The Kier molecular flexibility index (Phi) is 9.64. The monoisotopic (exact) mass is 571 g/mol. The summed E-state index contributed by atoms with van der Waals surface area (Å²) in [7, 11) is 0. The standard InChI is InChI=1S/C20H20N.C5H12O2.Ir/c1-12-6-13(2)9-17(8-12)20-16(5)11-18-15(4)7-14(3)10-19(18)21-20;1-4(6)3-5(2)7;/h6-8,10-11H,1-5H3;4-7H,3H2,1-2H3;/q-1;;. The van der Waals surface area contributed by atoms with Gasteiger partial charge in [-0.2, -0.15) is 0 Å². The van der Waals surface area contributed by atoms with Gasteiger partial charge < -0.3 is 10.2 Å². The molecule has 0 saturated heterocycles. The Morgan fingerprint density at radius 2 is 1.41 bits per heavy atom. The molecule has 2 unspecified atom stereocenters. The van der Waals surface area contributed by atoms with Crippen LogP contribution in [0.3, 0.4) is 0 Å². The molecule has 0 aliphatic carbocycles. The summed E-state index contributed by atoms with van der Waals surface area (Å²) in [5.74, 6) is 0. The van der Waals surface area contributed by atoms with Gasteiger partial charge in [0.05, 0.1) is 17.7 Å². The van der Waals surface area contributed by atoms with Gasteiger partial charge in [-0.3, -0.25) is 4.98 Å². The second-order valence-electron chi connectivity index (χ2n) is 7.99. The molecular formula is C25H32IrNO2-. The second-order valence-corrected chi connectivity index (χ2v) is 7.99. The van der Waals surface area contributed by atoms with Crippen molar-refractivity contribution < 1.29 is 30.3 Å². The van der Waals surface area contributed by atoms with Gasteiger partial charge in [-0.1, -0.05) is 31.5 Å². The van der Waals surface area contributed by atoms with Crippen molar-refractivity contribution in [2.75, 3.05) is 0 Å². The van der Waals surface area contributed by atoms with Gasteiger partial charge in [0.15, 0.2) is 0 Å². The molecule has 0 amide bonds. The molecule has 0 saturated carbocycles. The van der Waals surface area contributed by atoms with E-state index in [1.807, 2.05) is 0 Å². The van der Waals surface area contributed by atoms with E-state index in [0.717, 1.165) is 22.3 Å². The number of fused-ring (bicyclic) bond motifs is 1. The first-order valence-corrected chi connectivity index (χ1v) is 9.82. The van der Waals surface area contributed by atoms with E-state index in [1.165, 1.54) is 27.6 Å². The van der Waals surface area contributed by atoms with Gasteiger partial charge in [0.25, 0.3) is 0 Å². The molecule has 3 nitrogen and oxygen atoms in total. The summed E-state index contributed by atoms with van der Waals surface area (Å²) in [6.07, 6.45) is -0.278. The summed E-state index contributed by atoms with van der Waals surface area (Å²) in [5, 5.41) is 18.4. The fourth-order valence-corrected chi connectivity index (χ4v) is 3.52. The van der Waals surface area contributed by atoms with Crippen LogP contribution in [0.2, 0.25) is 0 Å². The number of rotatable bonds is 3. The van der Waals surface area contributed by atoms with Crippen molar-refractivity contribution in [3.05, 3.63) is 64.2 Å². The van der Waals surface area contributed by atoms with Crippen molar-refractivity contribution in [3.8, 4) is 11.3 Å². The summed E-state index contributed by atoms with van der Waals surface area (Å²) in [4.78, 5) is 4.92. The molecule has 159 valence electrons. The van der Waals surface area contributed by atoms with E-state index in [0.29, 0.717) is 6.42 Å². The molecule has 1 aromatic heterocycles. The first-order chi connectivity index (χ1) is 13.1. The zero-order chi connectivity index (χ0) is 21.0. The van der Waals surface area contributed by atoms with Gasteiger partial charge in [0.2, 0.25) is 0 Å². The van der Waals surface area contributed by atoms with Gasteiger partial charge in [0.1, 0.15) is 0 Å². The summed E-state index contributed by atoms with van der Waals surface area (Å²) in [6, 6.07) is 14.4. The molecule has 3 aromatic rings. The van der Waals surface area contributed by atoms with Crippen molar-refractivity contribution in [3.63, 3.8) is 0 Å². The number of pyridine rings is 1. The largest absolute Gasteiger partial charge is 0.393 e. The van der Waals surface area contributed by atoms with Gasteiger partial charge in [-0.15, -0.1) is 34.9 Å².